The highest BCUT2D eigenvalue weighted by Crippen LogP contribution is 2.26. The standard InChI is InChI=1S/C22H17NO3/c24-22(19-14-23-20-12-6-5-11-18(19)20)25-15-16-8-4-7-13-21(16)26-17-9-2-1-3-10-17/h1-14,23H,15H2. The lowest BCUT2D eigenvalue weighted by Gasteiger charge is -2.11. The number of carbonyl (C=O) groups excluding carboxylic acids is 1. The maximum Gasteiger partial charge on any atom is 0.340 e. The molecule has 0 bridgehead atoms. The van der Waals surface area contributed by atoms with E-state index in [1.807, 2.05) is 78.9 Å². The molecule has 0 saturated heterocycles. The number of ether oxygens (including phenoxy) is 2. The van der Waals surface area contributed by atoms with Crippen molar-refractivity contribution in [1.29, 1.82) is 0 Å². The Bertz CT molecular complexity index is 1040. The Hall–Kier alpha value is -3.53. The van der Waals surface area contributed by atoms with Crippen LogP contribution >= 0.6 is 0 Å². The molecule has 1 heterocycles. The highest BCUT2D eigenvalue weighted by Gasteiger charge is 2.14. The fourth-order valence-corrected chi connectivity index (χ4v) is 2.80. The van der Waals surface area contributed by atoms with Gasteiger partial charge >= 0.3 is 5.97 Å². The molecule has 0 aliphatic heterocycles. The smallest absolute Gasteiger partial charge is 0.340 e. The predicted octanol–water partition coefficient (Wildman–Crippen LogP) is 5.32. The van der Waals surface area contributed by atoms with Crippen molar-refractivity contribution in [3.8, 4) is 11.5 Å². The maximum absolute atomic E-state index is 12.5. The van der Waals surface area contributed by atoms with Crippen LogP contribution in [-0.2, 0) is 11.3 Å². The van der Waals surface area contributed by atoms with E-state index in [0.717, 1.165) is 22.2 Å². The minimum absolute atomic E-state index is 0.140. The van der Waals surface area contributed by atoms with Crippen LogP contribution in [0.2, 0.25) is 0 Å². The molecular formula is C22H17NO3. The summed E-state index contributed by atoms with van der Waals surface area (Å²) >= 11 is 0. The summed E-state index contributed by atoms with van der Waals surface area (Å²) in [6.45, 7) is 0.140. The molecule has 0 aliphatic carbocycles. The fourth-order valence-electron chi connectivity index (χ4n) is 2.80. The minimum Gasteiger partial charge on any atom is -0.457 e. The van der Waals surface area contributed by atoms with Crippen molar-refractivity contribution in [2.24, 2.45) is 0 Å². The number of carbonyl (C=O) groups is 1. The summed E-state index contributed by atoms with van der Waals surface area (Å²) in [7, 11) is 0. The van der Waals surface area contributed by atoms with Gasteiger partial charge in [0, 0.05) is 22.7 Å². The molecule has 4 heteroatoms. The lowest BCUT2D eigenvalue weighted by Crippen LogP contribution is -2.05. The number of benzene rings is 3. The van der Waals surface area contributed by atoms with Gasteiger partial charge in [0.05, 0.1) is 5.56 Å². The number of hydrogen-bond acceptors (Lipinski definition) is 3. The summed E-state index contributed by atoms with van der Waals surface area (Å²) in [5.74, 6) is 1.05. The average Bonchev–Trinajstić information content (AvgIpc) is 3.12. The predicted molar refractivity (Wildman–Crippen MR) is 100 cm³/mol. The van der Waals surface area contributed by atoms with E-state index in [1.165, 1.54) is 0 Å². The van der Waals surface area contributed by atoms with Crippen LogP contribution in [0.25, 0.3) is 10.9 Å². The zero-order valence-corrected chi connectivity index (χ0v) is 14.0. The molecule has 0 atom stereocenters. The fraction of sp³-hybridized carbons (Fsp3) is 0.0455. The summed E-state index contributed by atoms with van der Waals surface area (Å²) in [6, 6.07) is 24.7. The number of esters is 1. The molecule has 4 aromatic rings. The summed E-state index contributed by atoms with van der Waals surface area (Å²) in [5, 5.41) is 0.853. The first kappa shape index (κ1) is 16.0. The summed E-state index contributed by atoms with van der Waals surface area (Å²) in [4.78, 5) is 15.6. The van der Waals surface area contributed by atoms with Gasteiger partial charge in [-0.05, 0) is 24.3 Å². The molecule has 0 amide bonds. The number of rotatable bonds is 5. The van der Waals surface area contributed by atoms with Gasteiger partial charge in [-0.15, -0.1) is 0 Å². The van der Waals surface area contributed by atoms with Gasteiger partial charge in [0.25, 0.3) is 0 Å². The molecule has 0 saturated carbocycles. The summed E-state index contributed by atoms with van der Waals surface area (Å²) in [5.41, 5.74) is 2.25. The number of fused-ring (bicyclic) bond motifs is 1. The second-order valence-electron chi connectivity index (χ2n) is 5.85. The van der Waals surface area contributed by atoms with Gasteiger partial charge in [-0.3, -0.25) is 0 Å². The van der Waals surface area contributed by atoms with E-state index in [4.69, 9.17) is 9.47 Å². The number of nitrogens with one attached hydrogen (secondary N) is 1. The second kappa shape index (κ2) is 7.15. The molecule has 4 nitrogen and oxygen atoms in total. The molecule has 0 radical (unpaired) electrons. The molecule has 4 rings (SSSR count). The normalized spacial score (nSPS) is 10.6. The number of aromatic nitrogens is 1. The molecule has 26 heavy (non-hydrogen) atoms. The zero-order valence-electron chi connectivity index (χ0n) is 14.0. The number of hydrogen-bond donors (Lipinski definition) is 1. The van der Waals surface area contributed by atoms with E-state index in [0.29, 0.717) is 11.3 Å². The summed E-state index contributed by atoms with van der Waals surface area (Å²) < 4.78 is 11.4. The van der Waals surface area contributed by atoms with Crippen molar-refractivity contribution in [2.75, 3.05) is 0 Å². The highest BCUT2D eigenvalue weighted by atomic mass is 16.5. The Kier molecular flexibility index (Phi) is 4.39. The second-order valence-corrected chi connectivity index (χ2v) is 5.85. The summed E-state index contributed by atoms with van der Waals surface area (Å²) in [6.07, 6.45) is 1.68. The minimum atomic E-state index is -0.364. The van der Waals surface area contributed by atoms with Crippen molar-refractivity contribution in [3.05, 3.63) is 96.2 Å². The Morgan fingerprint density at radius 1 is 0.846 bits per heavy atom. The van der Waals surface area contributed by atoms with Crippen LogP contribution in [0.15, 0.2) is 85.1 Å². The maximum atomic E-state index is 12.5. The number of para-hydroxylation sites is 3. The lowest BCUT2D eigenvalue weighted by molar-refractivity contribution is 0.0473. The van der Waals surface area contributed by atoms with Crippen LogP contribution in [-0.4, -0.2) is 11.0 Å². The number of aromatic amines is 1. The highest BCUT2D eigenvalue weighted by molar-refractivity contribution is 6.03. The van der Waals surface area contributed by atoms with Crippen molar-refractivity contribution in [2.45, 2.75) is 6.61 Å². The van der Waals surface area contributed by atoms with Gasteiger partial charge in [-0.25, -0.2) is 4.79 Å². The van der Waals surface area contributed by atoms with Gasteiger partial charge in [-0.2, -0.15) is 0 Å². The molecule has 1 N–H and O–H groups in total. The molecule has 0 fully saturated rings. The van der Waals surface area contributed by atoms with Gasteiger partial charge < -0.3 is 14.5 Å². The molecular weight excluding hydrogens is 326 g/mol. The van der Waals surface area contributed by atoms with Crippen LogP contribution < -0.4 is 4.74 Å². The van der Waals surface area contributed by atoms with E-state index in [1.54, 1.807) is 6.20 Å². The van der Waals surface area contributed by atoms with Gasteiger partial charge in [0.1, 0.15) is 18.1 Å². The van der Waals surface area contributed by atoms with Crippen LogP contribution in [0, 0.1) is 0 Å². The van der Waals surface area contributed by atoms with Crippen LogP contribution in [0.4, 0.5) is 0 Å². The molecule has 3 aromatic carbocycles. The van der Waals surface area contributed by atoms with E-state index < -0.39 is 0 Å². The van der Waals surface area contributed by atoms with E-state index in [-0.39, 0.29) is 12.6 Å². The molecule has 1 aromatic heterocycles. The average molecular weight is 343 g/mol. The van der Waals surface area contributed by atoms with Crippen LogP contribution in [0.5, 0.6) is 11.5 Å². The molecule has 0 aliphatic rings. The van der Waals surface area contributed by atoms with Crippen LogP contribution in [0.1, 0.15) is 15.9 Å². The van der Waals surface area contributed by atoms with Crippen molar-refractivity contribution in [3.63, 3.8) is 0 Å². The van der Waals surface area contributed by atoms with E-state index >= 15 is 0 Å². The third kappa shape index (κ3) is 3.30. The third-order valence-corrected chi connectivity index (χ3v) is 4.11. The zero-order chi connectivity index (χ0) is 17.8. The van der Waals surface area contributed by atoms with Crippen molar-refractivity contribution >= 4 is 16.9 Å². The van der Waals surface area contributed by atoms with Gasteiger partial charge in [0.15, 0.2) is 0 Å². The van der Waals surface area contributed by atoms with Crippen molar-refractivity contribution < 1.29 is 14.3 Å². The Balaban J connectivity index is 1.50. The first-order valence-electron chi connectivity index (χ1n) is 8.35. The van der Waals surface area contributed by atoms with Gasteiger partial charge in [0.2, 0.25) is 0 Å². The number of H-pyrrole nitrogens is 1. The Morgan fingerprint density at radius 3 is 2.46 bits per heavy atom. The lowest BCUT2D eigenvalue weighted by atomic mass is 10.2. The van der Waals surface area contributed by atoms with E-state index in [2.05, 4.69) is 4.98 Å². The Morgan fingerprint density at radius 2 is 1.58 bits per heavy atom. The largest absolute Gasteiger partial charge is 0.457 e. The molecule has 0 unspecified atom stereocenters. The topological polar surface area (TPSA) is 51.3 Å². The third-order valence-electron chi connectivity index (χ3n) is 4.11. The molecule has 0 spiro atoms. The molecule has 128 valence electrons. The van der Waals surface area contributed by atoms with E-state index in [9.17, 15) is 4.79 Å². The first-order chi connectivity index (χ1) is 12.8. The van der Waals surface area contributed by atoms with Crippen molar-refractivity contribution in [1.82, 2.24) is 4.98 Å². The first-order valence-corrected chi connectivity index (χ1v) is 8.35. The van der Waals surface area contributed by atoms with Gasteiger partial charge in [-0.1, -0.05) is 54.6 Å². The Labute approximate surface area is 151 Å². The monoisotopic (exact) mass is 343 g/mol. The van der Waals surface area contributed by atoms with Crippen LogP contribution in [0.3, 0.4) is 0 Å². The quantitative estimate of drug-likeness (QED) is 0.499. The SMILES string of the molecule is O=C(OCc1ccccc1Oc1ccccc1)c1c[nH]c2ccccc12.